The quantitative estimate of drug-likeness (QED) is 0.672. The van der Waals surface area contributed by atoms with Gasteiger partial charge in [0.05, 0.1) is 12.2 Å². The lowest BCUT2D eigenvalue weighted by molar-refractivity contribution is 0.0262. The highest BCUT2D eigenvalue weighted by atomic mass is 16.6. The first-order valence-corrected chi connectivity index (χ1v) is 9.49. The highest BCUT2D eigenvalue weighted by Crippen LogP contribution is 2.38. The Morgan fingerprint density at radius 2 is 1.72 bits per heavy atom. The molecule has 5 heteroatoms. The molecule has 1 heterocycles. The van der Waals surface area contributed by atoms with Crippen LogP contribution in [0.25, 0.3) is 11.1 Å². The largest absolute Gasteiger partial charge is 0.436 e. The van der Waals surface area contributed by atoms with E-state index in [1.807, 2.05) is 74.5 Å². The molecular weight excluding hydrogens is 364 g/mol. The Morgan fingerprint density at radius 1 is 1.00 bits per heavy atom. The molecule has 0 aliphatic carbocycles. The Morgan fingerprint density at radius 3 is 2.45 bits per heavy atom. The van der Waals surface area contributed by atoms with Crippen molar-refractivity contribution in [3.63, 3.8) is 0 Å². The van der Waals surface area contributed by atoms with Gasteiger partial charge in [0.1, 0.15) is 0 Å². The van der Waals surface area contributed by atoms with Crippen molar-refractivity contribution in [2.75, 3.05) is 11.9 Å². The zero-order chi connectivity index (χ0) is 20.4. The Labute approximate surface area is 169 Å². The van der Waals surface area contributed by atoms with Gasteiger partial charge in [-0.2, -0.15) is 0 Å². The average molecular weight is 386 g/mol. The molecule has 146 valence electrons. The van der Waals surface area contributed by atoms with Crippen LogP contribution >= 0.6 is 0 Å². The summed E-state index contributed by atoms with van der Waals surface area (Å²) in [7, 11) is 0. The minimum Gasteiger partial charge on any atom is -0.436 e. The molecule has 0 spiro atoms. The van der Waals surface area contributed by atoms with E-state index in [9.17, 15) is 9.59 Å². The van der Waals surface area contributed by atoms with Crippen molar-refractivity contribution in [3.8, 4) is 11.1 Å². The number of benzene rings is 3. The molecule has 0 saturated carbocycles. The van der Waals surface area contributed by atoms with E-state index >= 15 is 0 Å². The normalized spacial score (nSPS) is 17.7. The second-order valence-electron chi connectivity index (χ2n) is 7.42. The fourth-order valence-electron chi connectivity index (χ4n) is 3.48. The van der Waals surface area contributed by atoms with Crippen LogP contribution in [0.4, 0.5) is 10.5 Å². The zero-order valence-corrected chi connectivity index (χ0v) is 16.4. The van der Waals surface area contributed by atoms with Crippen LogP contribution < -0.4 is 10.6 Å². The number of cyclic esters (lactones) is 1. The number of fused-ring (bicyclic) bond motifs is 1. The molecule has 1 atom stereocenters. The summed E-state index contributed by atoms with van der Waals surface area (Å²) < 4.78 is 5.63. The second-order valence-corrected chi connectivity index (χ2v) is 7.42. The number of carbonyl (C=O) groups excluding carboxylic acids is 2. The van der Waals surface area contributed by atoms with Crippen molar-refractivity contribution in [3.05, 3.63) is 89.5 Å². The third kappa shape index (κ3) is 3.85. The molecule has 0 unspecified atom stereocenters. The van der Waals surface area contributed by atoms with Gasteiger partial charge in [-0.05, 0) is 49.2 Å². The molecule has 0 aromatic heterocycles. The van der Waals surface area contributed by atoms with Crippen LogP contribution in [-0.4, -0.2) is 18.5 Å². The Kier molecular flexibility index (Phi) is 4.80. The van der Waals surface area contributed by atoms with Gasteiger partial charge in [-0.1, -0.05) is 54.1 Å². The van der Waals surface area contributed by atoms with Crippen LogP contribution in [0.2, 0.25) is 0 Å². The van der Waals surface area contributed by atoms with Crippen molar-refractivity contribution < 1.29 is 14.3 Å². The Bertz CT molecular complexity index is 1060. The van der Waals surface area contributed by atoms with E-state index in [2.05, 4.69) is 10.6 Å². The number of rotatable bonds is 4. The molecule has 4 rings (SSSR count). The lowest BCUT2D eigenvalue weighted by Gasteiger charge is -2.36. The standard InChI is InChI=1S/C24H22N2O3/c1-16-8-10-18(11-9-16)22(27)25-15-24(2)20-14-19(17-6-4-3-5-7-17)12-13-21(20)26-23(28)29-24/h3-14H,15H2,1-2H3,(H,25,27)(H,26,28)/t24-/m1/s1. The summed E-state index contributed by atoms with van der Waals surface area (Å²) in [6.45, 7) is 3.95. The van der Waals surface area contributed by atoms with E-state index in [0.29, 0.717) is 11.3 Å². The third-order valence-corrected chi connectivity index (χ3v) is 5.15. The molecule has 5 nitrogen and oxygen atoms in total. The summed E-state index contributed by atoms with van der Waals surface area (Å²) in [6, 6.07) is 23.2. The predicted molar refractivity (Wildman–Crippen MR) is 113 cm³/mol. The summed E-state index contributed by atoms with van der Waals surface area (Å²) in [5, 5.41) is 5.65. The molecule has 0 saturated heterocycles. The molecule has 29 heavy (non-hydrogen) atoms. The molecule has 3 aromatic rings. The van der Waals surface area contributed by atoms with Crippen molar-refractivity contribution >= 4 is 17.7 Å². The van der Waals surface area contributed by atoms with Gasteiger partial charge in [0.15, 0.2) is 5.60 Å². The van der Waals surface area contributed by atoms with Crippen LogP contribution in [-0.2, 0) is 10.3 Å². The maximum atomic E-state index is 12.6. The molecular formula is C24H22N2O3. The monoisotopic (exact) mass is 386 g/mol. The first-order valence-electron chi connectivity index (χ1n) is 9.49. The van der Waals surface area contributed by atoms with E-state index in [1.54, 1.807) is 12.1 Å². The van der Waals surface area contributed by atoms with Gasteiger partial charge in [-0.25, -0.2) is 4.79 Å². The van der Waals surface area contributed by atoms with Gasteiger partial charge in [-0.3, -0.25) is 10.1 Å². The first kappa shape index (κ1) is 18.7. The molecule has 2 amide bonds. The number of nitrogens with one attached hydrogen (secondary N) is 2. The SMILES string of the molecule is Cc1ccc(C(=O)NC[C@@]2(C)OC(=O)Nc3ccc(-c4ccccc4)cc32)cc1. The van der Waals surface area contributed by atoms with E-state index in [1.165, 1.54) is 0 Å². The molecule has 1 aliphatic heterocycles. The lowest BCUT2D eigenvalue weighted by Crippen LogP contribution is -2.46. The highest BCUT2D eigenvalue weighted by molar-refractivity contribution is 5.94. The average Bonchev–Trinajstić information content (AvgIpc) is 2.73. The van der Waals surface area contributed by atoms with Crippen molar-refractivity contribution in [1.82, 2.24) is 5.32 Å². The van der Waals surface area contributed by atoms with Gasteiger partial charge in [0.2, 0.25) is 0 Å². The number of hydrogen-bond acceptors (Lipinski definition) is 3. The van der Waals surface area contributed by atoms with E-state index in [4.69, 9.17) is 4.74 Å². The topological polar surface area (TPSA) is 67.4 Å². The highest BCUT2D eigenvalue weighted by Gasteiger charge is 2.38. The fourth-order valence-corrected chi connectivity index (χ4v) is 3.48. The zero-order valence-electron chi connectivity index (χ0n) is 16.4. The summed E-state index contributed by atoms with van der Waals surface area (Å²) in [5.41, 5.74) is 4.26. The van der Waals surface area contributed by atoms with Crippen LogP contribution in [0.3, 0.4) is 0 Å². The summed E-state index contributed by atoms with van der Waals surface area (Å²) in [6.07, 6.45) is -0.531. The van der Waals surface area contributed by atoms with E-state index in [0.717, 1.165) is 22.3 Å². The molecule has 3 aromatic carbocycles. The van der Waals surface area contributed by atoms with Gasteiger partial charge >= 0.3 is 6.09 Å². The number of hydrogen-bond donors (Lipinski definition) is 2. The lowest BCUT2D eigenvalue weighted by atomic mass is 9.89. The first-order chi connectivity index (χ1) is 13.9. The van der Waals surface area contributed by atoms with Crippen LogP contribution in [0.5, 0.6) is 0 Å². The van der Waals surface area contributed by atoms with Gasteiger partial charge < -0.3 is 10.1 Å². The van der Waals surface area contributed by atoms with Gasteiger partial charge in [-0.15, -0.1) is 0 Å². The van der Waals surface area contributed by atoms with E-state index in [-0.39, 0.29) is 12.5 Å². The summed E-state index contributed by atoms with van der Waals surface area (Å²) >= 11 is 0. The fraction of sp³-hybridized carbons (Fsp3) is 0.167. The Hall–Kier alpha value is -3.60. The van der Waals surface area contributed by atoms with Gasteiger partial charge in [0.25, 0.3) is 5.91 Å². The molecule has 1 aliphatic rings. The predicted octanol–water partition coefficient (Wildman–Crippen LogP) is 4.87. The van der Waals surface area contributed by atoms with Crippen LogP contribution in [0, 0.1) is 6.92 Å². The molecule has 2 N–H and O–H groups in total. The number of carbonyl (C=O) groups is 2. The molecule has 0 radical (unpaired) electrons. The van der Waals surface area contributed by atoms with Crippen LogP contribution in [0.1, 0.15) is 28.4 Å². The van der Waals surface area contributed by atoms with Crippen molar-refractivity contribution in [1.29, 1.82) is 0 Å². The smallest absolute Gasteiger partial charge is 0.412 e. The Balaban J connectivity index is 1.62. The molecule has 0 bridgehead atoms. The number of amides is 2. The minimum atomic E-state index is -0.983. The van der Waals surface area contributed by atoms with Crippen molar-refractivity contribution in [2.24, 2.45) is 0 Å². The maximum Gasteiger partial charge on any atom is 0.412 e. The number of aryl methyl sites for hydroxylation is 1. The third-order valence-electron chi connectivity index (χ3n) is 5.15. The van der Waals surface area contributed by atoms with Gasteiger partial charge in [0, 0.05) is 11.1 Å². The number of ether oxygens (including phenoxy) is 1. The number of anilines is 1. The summed E-state index contributed by atoms with van der Waals surface area (Å²) in [5.74, 6) is -0.207. The minimum absolute atomic E-state index is 0.165. The second kappa shape index (κ2) is 7.43. The molecule has 0 fully saturated rings. The summed E-state index contributed by atoms with van der Waals surface area (Å²) in [4.78, 5) is 24.7. The van der Waals surface area contributed by atoms with Crippen molar-refractivity contribution in [2.45, 2.75) is 19.4 Å². The maximum absolute atomic E-state index is 12.6. The van der Waals surface area contributed by atoms with E-state index < -0.39 is 11.7 Å². The van der Waals surface area contributed by atoms with Crippen LogP contribution in [0.15, 0.2) is 72.8 Å².